The van der Waals surface area contributed by atoms with Gasteiger partial charge in [-0.3, -0.25) is 9.69 Å². The van der Waals surface area contributed by atoms with Crippen molar-refractivity contribution in [1.82, 2.24) is 10.2 Å². The van der Waals surface area contributed by atoms with Crippen molar-refractivity contribution >= 4 is 11.9 Å². The molecule has 1 spiro atoms. The number of hydrogen-bond acceptors (Lipinski definition) is 2. The van der Waals surface area contributed by atoms with Crippen LogP contribution in [-0.4, -0.2) is 22.4 Å². The van der Waals surface area contributed by atoms with Gasteiger partial charge >= 0.3 is 6.03 Å². The minimum atomic E-state index is -0.596. The quantitative estimate of drug-likeness (QED) is 0.828. The van der Waals surface area contributed by atoms with Gasteiger partial charge in [-0.1, -0.05) is 42.7 Å². The summed E-state index contributed by atoms with van der Waals surface area (Å²) in [4.78, 5) is 25.9. The van der Waals surface area contributed by atoms with E-state index in [4.69, 9.17) is 0 Å². The molecule has 1 heterocycles. The molecule has 19 heavy (non-hydrogen) atoms. The van der Waals surface area contributed by atoms with Crippen molar-refractivity contribution in [2.45, 2.75) is 44.7 Å². The second-order valence-corrected chi connectivity index (χ2v) is 5.60. The maximum atomic E-state index is 12.5. The number of nitrogens with zero attached hydrogens (tertiary/aromatic N) is 1. The van der Waals surface area contributed by atoms with Crippen LogP contribution in [0.4, 0.5) is 4.79 Å². The summed E-state index contributed by atoms with van der Waals surface area (Å²) in [6, 6.07) is 7.68. The number of benzene rings is 1. The molecular formula is C15H18N2O2. The number of hydrogen-bond donors (Lipinski definition) is 1. The van der Waals surface area contributed by atoms with Crippen molar-refractivity contribution < 1.29 is 9.59 Å². The molecule has 3 amide bonds. The lowest BCUT2D eigenvalue weighted by Gasteiger charge is -2.20. The zero-order valence-electron chi connectivity index (χ0n) is 11.1. The van der Waals surface area contributed by atoms with E-state index in [0.717, 1.165) is 36.8 Å². The molecule has 4 heteroatoms. The first kappa shape index (κ1) is 12.2. The van der Waals surface area contributed by atoms with Crippen molar-refractivity contribution in [2.75, 3.05) is 0 Å². The predicted octanol–water partition coefficient (Wildman–Crippen LogP) is 2.36. The first-order valence-electron chi connectivity index (χ1n) is 6.80. The predicted molar refractivity (Wildman–Crippen MR) is 71.5 cm³/mol. The summed E-state index contributed by atoms with van der Waals surface area (Å²) in [6.45, 7) is 2.38. The Kier molecular flexibility index (Phi) is 2.81. The summed E-state index contributed by atoms with van der Waals surface area (Å²) < 4.78 is 0. The number of carbonyl (C=O) groups is 2. The van der Waals surface area contributed by atoms with Crippen LogP contribution in [0, 0.1) is 6.92 Å². The Labute approximate surface area is 112 Å². The van der Waals surface area contributed by atoms with E-state index in [9.17, 15) is 9.59 Å². The summed E-state index contributed by atoms with van der Waals surface area (Å²) in [5.41, 5.74) is 1.54. The summed E-state index contributed by atoms with van der Waals surface area (Å²) in [6.07, 6.45) is 3.60. The molecule has 1 aromatic carbocycles. The maximum Gasteiger partial charge on any atom is 0.325 e. The number of carbonyl (C=O) groups excluding carboxylic acids is 2. The number of amides is 3. The molecule has 0 bridgehead atoms. The van der Waals surface area contributed by atoms with Gasteiger partial charge in [0.25, 0.3) is 5.91 Å². The van der Waals surface area contributed by atoms with Crippen LogP contribution in [0.2, 0.25) is 0 Å². The average Bonchev–Trinajstić information content (AvgIpc) is 2.92. The normalized spacial score (nSPS) is 21.2. The van der Waals surface area contributed by atoms with Crippen molar-refractivity contribution in [3.8, 4) is 0 Å². The zero-order valence-corrected chi connectivity index (χ0v) is 11.1. The highest BCUT2D eigenvalue weighted by molar-refractivity contribution is 6.07. The number of nitrogens with one attached hydrogen (secondary N) is 1. The second-order valence-electron chi connectivity index (χ2n) is 5.60. The Morgan fingerprint density at radius 2 is 2.00 bits per heavy atom. The van der Waals surface area contributed by atoms with Crippen molar-refractivity contribution in [3.05, 3.63) is 35.4 Å². The van der Waals surface area contributed by atoms with Crippen LogP contribution in [0.15, 0.2) is 24.3 Å². The minimum absolute atomic E-state index is 0.0449. The third-order valence-corrected chi connectivity index (χ3v) is 4.13. The van der Waals surface area contributed by atoms with Crippen LogP contribution in [0.25, 0.3) is 0 Å². The first-order valence-corrected chi connectivity index (χ1v) is 6.80. The maximum absolute atomic E-state index is 12.5. The van der Waals surface area contributed by atoms with E-state index in [2.05, 4.69) is 5.32 Å². The summed E-state index contributed by atoms with van der Waals surface area (Å²) in [5, 5.41) is 2.90. The highest BCUT2D eigenvalue weighted by atomic mass is 16.2. The Bertz CT molecular complexity index is 533. The molecule has 1 saturated heterocycles. The zero-order chi connectivity index (χ0) is 13.5. The molecule has 1 saturated carbocycles. The third-order valence-electron chi connectivity index (χ3n) is 4.13. The van der Waals surface area contributed by atoms with Gasteiger partial charge in [-0.2, -0.15) is 0 Å². The van der Waals surface area contributed by atoms with E-state index >= 15 is 0 Å². The van der Waals surface area contributed by atoms with Gasteiger partial charge in [-0.15, -0.1) is 0 Å². The molecule has 0 radical (unpaired) electrons. The first-order chi connectivity index (χ1) is 9.11. The van der Waals surface area contributed by atoms with Crippen LogP contribution in [0.5, 0.6) is 0 Å². The molecule has 100 valence electrons. The molecule has 1 aromatic rings. The Morgan fingerprint density at radius 3 is 2.68 bits per heavy atom. The van der Waals surface area contributed by atoms with E-state index in [1.165, 1.54) is 4.90 Å². The van der Waals surface area contributed by atoms with Gasteiger partial charge < -0.3 is 5.32 Å². The lowest BCUT2D eigenvalue weighted by Crippen LogP contribution is -2.44. The van der Waals surface area contributed by atoms with E-state index in [-0.39, 0.29) is 11.9 Å². The number of imide groups is 1. The van der Waals surface area contributed by atoms with Crippen LogP contribution in [0.1, 0.15) is 36.8 Å². The van der Waals surface area contributed by atoms with Crippen molar-refractivity contribution in [2.24, 2.45) is 0 Å². The van der Waals surface area contributed by atoms with Gasteiger partial charge in [0, 0.05) is 0 Å². The minimum Gasteiger partial charge on any atom is -0.323 e. The lowest BCUT2D eigenvalue weighted by atomic mass is 9.98. The average molecular weight is 258 g/mol. The van der Waals surface area contributed by atoms with Crippen molar-refractivity contribution in [1.29, 1.82) is 0 Å². The fraction of sp³-hybridized carbons (Fsp3) is 0.467. The molecule has 1 aliphatic carbocycles. The molecule has 0 atom stereocenters. The van der Waals surface area contributed by atoms with Gasteiger partial charge in [-0.05, 0) is 25.3 Å². The largest absolute Gasteiger partial charge is 0.325 e. The topological polar surface area (TPSA) is 49.4 Å². The second kappa shape index (κ2) is 4.37. The highest BCUT2D eigenvalue weighted by Crippen LogP contribution is 2.35. The van der Waals surface area contributed by atoms with E-state index in [1.807, 2.05) is 31.2 Å². The molecule has 3 rings (SSSR count). The Hall–Kier alpha value is -1.84. The molecule has 0 aromatic heterocycles. The van der Waals surface area contributed by atoms with Gasteiger partial charge in [0.1, 0.15) is 5.54 Å². The Balaban J connectivity index is 1.82. The molecule has 2 fully saturated rings. The van der Waals surface area contributed by atoms with E-state index < -0.39 is 5.54 Å². The summed E-state index contributed by atoms with van der Waals surface area (Å²) in [5.74, 6) is -0.0449. The van der Waals surface area contributed by atoms with Crippen LogP contribution >= 0.6 is 0 Å². The fourth-order valence-electron chi connectivity index (χ4n) is 3.13. The van der Waals surface area contributed by atoms with Gasteiger partial charge in [-0.25, -0.2) is 4.79 Å². The van der Waals surface area contributed by atoms with Gasteiger partial charge in [0.05, 0.1) is 6.54 Å². The molecule has 1 N–H and O–H groups in total. The molecule has 0 unspecified atom stereocenters. The number of aryl methyl sites for hydroxylation is 1. The molecule has 2 aliphatic rings. The van der Waals surface area contributed by atoms with Crippen molar-refractivity contribution in [3.63, 3.8) is 0 Å². The SMILES string of the molecule is Cc1cccc(CN2C(=O)NC3(CCCC3)C2=O)c1. The molecule has 1 aliphatic heterocycles. The molecular weight excluding hydrogens is 240 g/mol. The summed E-state index contributed by atoms with van der Waals surface area (Å²) in [7, 11) is 0. The van der Waals surface area contributed by atoms with E-state index in [0.29, 0.717) is 6.54 Å². The summed E-state index contributed by atoms with van der Waals surface area (Å²) >= 11 is 0. The molecule has 4 nitrogen and oxygen atoms in total. The smallest absolute Gasteiger partial charge is 0.323 e. The van der Waals surface area contributed by atoms with Crippen LogP contribution in [-0.2, 0) is 11.3 Å². The van der Waals surface area contributed by atoms with Crippen LogP contribution < -0.4 is 5.32 Å². The highest BCUT2D eigenvalue weighted by Gasteiger charge is 2.52. The van der Waals surface area contributed by atoms with Crippen LogP contribution in [0.3, 0.4) is 0 Å². The van der Waals surface area contributed by atoms with Gasteiger partial charge in [0.15, 0.2) is 0 Å². The fourth-order valence-corrected chi connectivity index (χ4v) is 3.13. The number of rotatable bonds is 2. The lowest BCUT2D eigenvalue weighted by molar-refractivity contribution is -0.131. The third kappa shape index (κ3) is 2.01. The van der Waals surface area contributed by atoms with E-state index in [1.54, 1.807) is 0 Å². The standard InChI is InChI=1S/C15H18N2O2/c1-11-5-4-6-12(9-11)10-17-13(18)15(16-14(17)19)7-2-3-8-15/h4-6,9H,2-3,7-8,10H2,1H3,(H,16,19). The van der Waals surface area contributed by atoms with Gasteiger partial charge in [0.2, 0.25) is 0 Å². The Morgan fingerprint density at radius 1 is 1.26 bits per heavy atom. The monoisotopic (exact) mass is 258 g/mol. The number of urea groups is 1.